The molecule has 0 aliphatic carbocycles. The van der Waals surface area contributed by atoms with Gasteiger partial charge in [0, 0.05) is 14.2 Å². The van der Waals surface area contributed by atoms with E-state index in [0.717, 1.165) is 5.69 Å². The van der Waals surface area contributed by atoms with Crippen LogP contribution in [0.25, 0.3) is 0 Å². The molecular weight excluding hydrogens is 316 g/mol. The van der Waals surface area contributed by atoms with Gasteiger partial charge in [-0.15, -0.1) is 5.10 Å². The zero-order valence-corrected chi connectivity index (χ0v) is 14.5. The first-order chi connectivity index (χ1) is 11.8. The van der Waals surface area contributed by atoms with Crippen molar-refractivity contribution < 1.29 is 25.1 Å². The summed E-state index contributed by atoms with van der Waals surface area (Å²) in [5.74, 6) is 0. The van der Waals surface area contributed by atoms with Crippen LogP contribution in [0, 0.1) is 6.92 Å². The Bertz CT molecular complexity index is 398. The van der Waals surface area contributed by atoms with Crippen LogP contribution in [0.15, 0.2) is 6.20 Å². The first-order valence-corrected chi connectivity index (χ1v) is 8.28. The number of nitrogens with two attached hydrogens (primary N) is 1. The molecule has 0 aromatic carbocycles. The Morgan fingerprint density at radius 3 is 1.71 bits per heavy atom. The summed E-state index contributed by atoms with van der Waals surface area (Å²) < 4.78 is 28.5. The molecule has 0 amide bonds. The third-order valence-corrected chi connectivity index (χ3v) is 2.87. The van der Waals surface area contributed by atoms with Gasteiger partial charge in [-0.3, -0.25) is 0 Å². The fraction of sp³-hybridized carbons (Fsp3) is 0.867. The van der Waals surface area contributed by atoms with Crippen molar-refractivity contribution in [3.8, 4) is 0 Å². The van der Waals surface area contributed by atoms with Crippen LogP contribution < -0.4 is 5.73 Å². The minimum Gasteiger partial charge on any atom is -0.378 e. The number of aromatic nitrogens is 3. The third kappa shape index (κ3) is 12.3. The molecule has 9 heteroatoms. The van der Waals surface area contributed by atoms with E-state index in [4.69, 9.17) is 29.4 Å². The largest absolute Gasteiger partial charge is 0.378 e. The van der Waals surface area contributed by atoms with Gasteiger partial charge < -0.3 is 29.4 Å². The third-order valence-electron chi connectivity index (χ3n) is 2.87. The van der Waals surface area contributed by atoms with Crippen LogP contribution >= 0.6 is 0 Å². The molecule has 24 heavy (non-hydrogen) atoms. The summed E-state index contributed by atoms with van der Waals surface area (Å²) in [6.07, 6.45) is 1.88. The number of hydrogen-bond acceptors (Lipinski definition) is 8. The van der Waals surface area contributed by atoms with Crippen molar-refractivity contribution >= 4 is 0 Å². The summed E-state index contributed by atoms with van der Waals surface area (Å²) in [5.41, 5.74) is 6.20. The lowest BCUT2D eigenvalue weighted by atomic mass is 10.5. The topological polar surface area (TPSA) is 103 Å². The van der Waals surface area contributed by atoms with Crippen molar-refractivity contribution in [2.75, 3.05) is 72.6 Å². The summed E-state index contributed by atoms with van der Waals surface area (Å²) in [6, 6.07) is 0. The second-order valence-corrected chi connectivity index (χ2v) is 4.97. The average Bonchev–Trinajstić information content (AvgIpc) is 3.00. The predicted octanol–water partition coefficient (Wildman–Crippen LogP) is -0.126. The zero-order valence-electron chi connectivity index (χ0n) is 14.5. The normalized spacial score (nSPS) is 11.2. The van der Waals surface area contributed by atoms with Crippen LogP contribution in [0.2, 0.25) is 0 Å². The van der Waals surface area contributed by atoms with E-state index >= 15 is 0 Å². The highest BCUT2D eigenvalue weighted by molar-refractivity contribution is 4.86. The van der Waals surface area contributed by atoms with Gasteiger partial charge in [-0.25, -0.2) is 4.68 Å². The van der Waals surface area contributed by atoms with Crippen molar-refractivity contribution in [1.29, 1.82) is 0 Å². The molecule has 0 saturated heterocycles. The van der Waals surface area contributed by atoms with Gasteiger partial charge in [0.2, 0.25) is 0 Å². The molecule has 0 bridgehead atoms. The molecule has 0 radical (unpaired) electrons. The Labute approximate surface area is 144 Å². The molecule has 9 nitrogen and oxygen atoms in total. The van der Waals surface area contributed by atoms with Crippen molar-refractivity contribution in [1.82, 2.24) is 15.0 Å². The lowest BCUT2D eigenvalue weighted by Crippen LogP contribution is -2.15. The lowest BCUT2D eigenvalue weighted by Gasteiger charge is -2.07. The first kappa shape index (κ1) is 20.9. The number of rotatable bonds is 17. The molecule has 0 atom stereocenters. The van der Waals surface area contributed by atoms with E-state index in [1.54, 1.807) is 4.68 Å². The Balaban J connectivity index is 0.00000576. The van der Waals surface area contributed by atoms with Crippen molar-refractivity contribution in [3.05, 3.63) is 11.9 Å². The molecule has 0 saturated carbocycles. The van der Waals surface area contributed by atoms with Crippen LogP contribution in [0.5, 0.6) is 0 Å². The van der Waals surface area contributed by atoms with Gasteiger partial charge in [0.25, 0.3) is 0 Å². The summed E-state index contributed by atoms with van der Waals surface area (Å²) >= 11 is 0. The van der Waals surface area contributed by atoms with Gasteiger partial charge in [-0.05, 0) is 6.92 Å². The molecule has 0 aliphatic rings. The fourth-order valence-electron chi connectivity index (χ4n) is 1.73. The molecule has 2 N–H and O–H groups in total. The van der Waals surface area contributed by atoms with E-state index < -0.39 is 0 Å². The highest BCUT2D eigenvalue weighted by atomic mass is 16.6. The Morgan fingerprint density at radius 2 is 1.29 bits per heavy atom. The van der Waals surface area contributed by atoms with Crippen LogP contribution in [0.3, 0.4) is 0 Å². The maximum Gasteiger partial charge on any atom is 0.0796 e. The van der Waals surface area contributed by atoms with Gasteiger partial charge in [0.15, 0.2) is 0 Å². The number of nitrogens with zero attached hydrogens (tertiary/aromatic N) is 3. The maximum absolute atomic E-state index is 5.45. The quantitative estimate of drug-likeness (QED) is 0.389. The summed E-state index contributed by atoms with van der Waals surface area (Å²) in [5, 5.41) is 7.85. The minimum absolute atomic E-state index is 0. The molecule has 0 spiro atoms. The Kier molecular flexibility index (Phi) is 13.5. The Morgan fingerprint density at radius 1 is 0.833 bits per heavy atom. The van der Waals surface area contributed by atoms with Crippen LogP contribution in [0.4, 0.5) is 0 Å². The first-order valence-electron chi connectivity index (χ1n) is 8.28. The second-order valence-electron chi connectivity index (χ2n) is 4.97. The van der Waals surface area contributed by atoms with Gasteiger partial charge in [0.1, 0.15) is 0 Å². The number of hydrogen-bond donors (Lipinski definition) is 1. The molecule has 142 valence electrons. The van der Waals surface area contributed by atoms with Gasteiger partial charge in [-0.1, -0.05) is 5.21 Å². The predicted molar refractivity (Wildman–Crippen MR) is 90.0 cm³/mol. The van der Waals surface area contributed by atoms with Crippen LogP contribution in [-0.2, 0) is 30.2 Å². The standard InChI is InChI=1S/C15H30N4O5.H2/c1-15-14-19(18-17-15)3-5-21-7-9-23-11-13-24-12-10-22-8-6-20-4-2-16;/h14H,2-13,16H2,1H3;1H. The highest BCUT2D eigenvalue weighted by Gasteiger charge is 1.96. The van der Waals surface area contributed by atoms with E-state index in [-0.39, 0.29) is 1.43 Å². The molecule has 1 aromatic heterocycles. The number of aryl methyl sites for hydroxylation is 1. The summed E-state index contributed by atoms with van der Waals surface area (Å²) in [7, 11) is 0. The monoisotopic (exact) mass is 348 g/mol. The van der Waals surface area contributed by atoms with Crippen molar-refractivity contribution in [2.45, 2.75) is 13.5 Å². The number of ether oxygens (including phenoxy) is 5. The van der Waals surface area contributed by atoms with Crippen LogP contribution in [0.1, 0.15) is 7.12 Å². The smallest absolute Gasteiger partial charge is 0.0796 e. The molecule has 0 unspecified atom stereocenters. The van der Waals surface area contributed by atoms with Crippen molar-refractivity contribution in [3.63, 3.8) is 0 Å². The van der Waals surface area contributed by atoms with Gasteiger partial charge >= 0.3 is 0 Å². The van der Waals surface area contributed by atoms with E-state index in [9.17, 15) is 0 Å². The van der Waals surface area contributed by atoms with Crippen molar-refractivity contribution in [2.24, 2.45) is 5.73 Å². The molecule has 1 rings (SSSR count). The molecule has 1 aromatic rings. The second kappa shape index (κ2) is 15.4. The average molecular weight is 348 g/mol. The maximum atomic E-state index is 5.45. The zero-order chi connectivity index (χ0) is 17.3. The lowest BCUT2D eigenvalue weighted by molar-refractivity contribution is -0.0111. The molecular formula is C15H32N4O5. The van der Waals surface area contributed by atoms with E-state index in [1.165, 1.54) is 0 Å². The summed E-state index contributed by atoms with van der Waals surface area (Å²) in [4.78, 5) is 0. The molecule has 1 heterocycles. The van der Waals surface area contributed by atoms with E-state index in [1.807, 2.05) is 13.1 Å². The fourth-order valence-corrected chi connectivity index (χ4v) is 1.73. The van der Waals surface area contributed by atoms with Crippen LogP contribution in [-0.4, -0.2) is 87.6 Å². The minimum atomic E-state index is 0. The van der Waals surface area contributed by atoms with Gasteiger partial charge in [0.05, 0.1) is 78.3 Å². The van der Waals surface area contributed by atoms with E-state index in [0.29, 0.717) is 79.2 Å². The highest BCUT2D eigenvalue weighted by Crippen LogP contribution is 1.90. The summed E-state index contributed by atoms with van der Waals surface area (Å²) in [6.45, 7) is 8.73. The Hall–Kier alpha value is -1.10. The van der Waals surface area contributed by atoms with E-state index in [2.05, 4.69) is 10.3 Å². The van der Waals surface area contributed by atoms with Gasteiger partial charge in [-0.2, -0.15) is 0 Å². The SMILES string of the molecule is Cc1cn(CCOCCOCCOCCOCCOCCN)nn1.[HH]. The molecule has 0 fully saturated rings. The molecule has 0 aliphatic heterocycles.